The van der Waals surface area contributed by atoms with E-state index in [1.807, 2.05) is 25.7 Å². The number of amides is 2. The van der Waals surface area contributed by atoms with Crippen LogP contribution < -0.4 is 16.0 Å². The van der Waals surface area contributed by atoms with Crippen LogP contribution in [0.15, 0.2) is 4.99 Å². The molecule has 1 fully saturated rings. The van der Waals surface area contributed by atoms with Gasteiger partial charge in [0.1, 0.15) is 0 Å². The molecule has 24 heavy (non-hydrogen) atoms. The van der Waals surface area contributed by atoms with Crippen LogP contribution in [0.1, 0.15) is 46.5 Å². The fourth-order valence-corrected chi connectivity index (χ4v) is 2.46. The fourth-order valence-electron chi connectivity index (χ4n) is 2.46. The van der Waals surface area contributed by atoms with E-state index >= 15 is 0 Å². The molecule has 0 spiro atoms. The number of hydrogen-bond donors (Lipinski definition) is 3. The van der Waals surface area contributed by atoms with Crippen molar-refractivity contribution in [1.82, 2.24) is 20.9 Å². The molecule has 0 aromatic carbocycles. The molecule has 1 rings (SSSR count). The Morgan fingerprint density at radius 1 is 1.21 bits per heavy atom. The van der Waals surface area contributed by atoms with E-state index in [-0.39, 0.29) is 41.8 Å². The van der Waals surface area contributed by atoms with Gasteiger partial charge in [-0.2, -0.15) is 0 Å². The summed E-state index contributed by atoms with van der Waals surface area (Å²) >= 11 is 0. The molecule has 0 aromatic heterocycles. The minimum Gasteiger partial charge on any atom is -0.357 e. The molecule has 3 N–H and O–H groups in total. The van der Waals surface area contributed by atoms with Crippen LogP contribution >= 0.6 is 24.0 Å². The molecule has 1 atom stereocenters. The van der Waals surface area contributed by atoms with Gasteiger partial charge in [-0.3, -0.25) is 14.6 Å². The lowest BCUT2D eigenvalue weighted by Gasteiger charge is -2.18. The number of nitrogens with zero attached hydrogens (tertiary/aromatic N) is 2. The third-order valence-corrected chi connectivity index (χ3v) is 3.71. The maximum absolute atomic E-state index is 11.7. The van der Waals surface area contributed by atoms with Crippen molar-refractivity contribution in [2.45, 2.75) is 52.5 Å². The summed E-state index contributed by atoms with van der Waals surface area (Å²) in [6.45, 7) is 9.36. The number of aliphatic imine (C=N–C) groups is 1. The molecule has 0 bridgehead atoms. The molecule has 1 unspecified atom stereocenters. The smallest absolute Gasteiger partial charge is 0.222 e. The lowest BCUT2D eigenvalue weighted by atomic mass is 10.3. The van der Waals surface area contributed by atoms with Gasteiger partial charge < -0.3 is 20.9 Å². The Bertz CT molecular complexity index is 417. The monoisotopic (exact) mass is 453 g/mol. The summed E-state index contributed by atoms with van der Waals surface area (Å²) in [4.78, 5) is 29.6. The van der Waals surface area contributed by atoms with Gasteiger partial charge in [-0.05, 0) is 19.8 Å². The minimum atomic E-state index is 0. The molecule has 0 radical (unpaired) electrons. The number of carbonyl (C=O) groups is 2. The Hall–Kier alpha value is -1.06. The van der Waals surface area contributed by atoms with Crippen LogP contribution in [0.2, 0.25) is 0 Å². The van der Waals surface area contributed by atoms with Crippen molar-refractivity contribution in [3.05, 3.63) is 0 Å². The summed E-state index contributed by atoms with van der Waals surface area (Å²) in [6, 6.07) is 0.220. The van der Waals surface area contributed by atoms with Crippen molar-refractivity contribution in [2.75, 3.05) is 32.7 Å². The van der Waals surface area contributed by atoms with Crippen molar-refractivity contribution in [1.29, 1.82) is 0 Å². The van der Waals surface area contributed by atoms with Crippen LogP contribution in [0.5, 0.6) is 0 Å². The molecule has 1 aliphatic rings. The van der Waals surface area contributed by atoms with Gasteiger partial charge in [0.05, 0.1) is 6.54 Å². The molecule has 1 heterocycles. The summed E-state index contributed by atoms with van der Waals surface area (Å²) in [5, 5.41) is 9.39. The van der Waals surface area contributed by atoms with Gasteiger partial charge in [-0.15, -0.1) is 24.0 Å². The summed E-state index contributed by atoms with van der Waals surface area (Å²) < 4.78 is 0. The molecule has 0 aromatic rings. The highest BCUT2D eigenvalue weighted by molar-refractivity contribution is 14.0. The second-order valence-corrected chi connectivity index (χ2v) is 5.68. The van der Waals surface area contributed by atoms with E-state index in [0.717, 1.165) is 25.9 Å². The van der Waals surface area contributed by atoms with Crippen LogP contribution in [-0.4, -0.2) is 61.4 Å². The molecule has 8 heteroatoms. The maximum Gasteiger partial charge on any atom is 0.222 e. The van der Waals surface area contributed by atoms with Crippen LogP contribution in [0.3, 0.4) is 0 Å². The number of guanidine groups is 1. The SMILES string of the molecule is CCCNC(=O)CCN=C(NCC)NC1CCN(C(=O)CC)C1.I. The Morgan fingerprint density at radius 3 is 2.58 bits per heavy atom. The molecule has 1 saturated heterocycles. The highest BCUT2D eigenvalue weighted by Gasteiger charge is 2.25. The number of likely N-dealkylation sites (tertiary alicyclic amines) is 1. The molecule has 140 valence electrons. The van der Waals surface area contributed by atoms with Gasteiger partial charge in [0, 0.05) is 45.1 Å². The van der Waals surface area contributed by atoms with E-state index in [2.05, 4.69) is 20.9 Å². The lowest BCUT2D eigenvalue weighted by molar-refractivity contribution is -0.129. The Morgan fingerprint density at radius 2 is 1.96 bits per heavy atom. The van der Waals surface area contributed by atoms with Crippen molar-refractivity contribution in [2.24, 2.45) is 4.99 Å². The third-order valence-electron chi connectivity index (χ3n) is 3.71. The van der Waals surface area contributed by atoms with Crippen molar-refractivity contribution < 1.29 is 9.59 Å². The summed E-state index contributed by atoms with van der Waals surface area (Å²) in [5.74, 6) is 0.947. The Balaban J connectivity index is 0.00000529. The van der Waals surface area contributed by atoms with Crippen LogP contribution in [0.4, 0.5) is 0 Å². The largest absolute Gasteiger partial charge is 0.357 e. The molecule has 0 aliphatic carbocycles. The van der Waals surface area contributed by atoms with E-state index in [0.29, 0.717) is 38.4 Å². The first kappa shape index (κ1) is 22.9. The number of rotatable bonds is 8. The molecule has 1 aliphatic heterocycles. The van der Waals surface area contributed by atoms with E-state index in [1.54, 1.807) is 0 Å². The van der Waals surface area contributed by atoms with Gasteiger partial charge in [0.15, 0.2) is 5.96 Å². The highest BCUT2D eigenvalue weighted by atomic mass is 127. The minimum absolute atomic E-state index is 0. The average Bonchev–Trinajstić information content (AvgIpc) is 3.00. The van der Waals surface area contributed by atoms with Crippen LogP contribution in [-0.2, 0) is 9.59 Å². The third kappa shape index (κ3) is 8.70. The van der Waals surface area contributed by atoms with E-state index in [9.17, 15) is 9.59 Å². The van der Waals surface area contributed by atoms with Crippen molar-refractivity contribution >= 4 is 41.8 Å². The predicted molar refractivity (Wildman–Crippen MR) is 108 cm³/mol. The normalized spacial score (nSPS) is 17.2. The van der Waals surface area contributed by atoms with Crippen molar-refractivity contribution in [3.63, 3.8) is 0 Å². The number of hydrogen-bond acceptors (Lipinski definition) is 3. The van der Waals surface area contributed by atoms with Crippen LogP contribution in [0, 0.1) is 0 Å². The standard InChI is InChI=1S/C16H31N5O2.HI/c1-4-9-18-14(22)7-10-19-16(17-6-3)20-13-8-11-21(12-13)15(23)5-2;/h13H,4-12H2,1-3H3,(H,18,22)(H2,17,19,20);1H. The first-order valence-corrected chi connectivity index (χ1v) is 8.69. The number of nitrogens with one attached hydrogen (secondary N) is 3. The molecule has 7 nitrogen and oxygen atoms in total. The lowest BCUT2D eigenvalue weighted by Crippen LogP contribution is -2.45. The van der Waals surface area contributed by atoms with E-state index < -0.39 is 0 Å². The molecule has 0 saturated carbocycles. The first-order valence-electron chi connectivity index (χ1n) is 8.69. The predicted octanol–water partition coefficient (Wildman–Crippen LogP) is 1.09. The first-order chi connectivity index (χ1) is 11.1. The topological polar surface area (TPSA) is 85.8 Å². The second-order valence-electron chi connectivity index (χ2n) is 5.68. The highest BCUT2D eigenvalue weighted by Crippen LogP contribution is 2.10. The summed E-state index contributed by atoms with van der Waals surface area (Å²) in [6.07, 6.45) is 2.80. The summed E-state index contributed by atoms with van der Waals surface area (Å²) in [5.41, 5.74) is 0. The van der Waals surface area contributed by atoms with Gasteiger partial charge in [0.25, 0.3) is 0 Å². The zero-order valence-corrected chi connectivity index (χ0v) is 17.4. The second kappa shape index (κ2) is 13.3. The van der Waals surface area contributed by atoms with Gasteiger partial charge >= 0.3 is 0 Å². The molecule has 2 amide bonds. The Labute approximate surface area is 162 Å². The van der Waals surface area contributed by atoms with Gasteiger partial charge in [-0.1, -0.05) is 13.8 Å². The van der Waals surface area contributed by atoms with E-state index in [4.69, 9.17) is 0 Å². The van der Waals surface area contributed by atoms with E-state index in [1.165, 1.54) is 0 Å². The molecular formula is C16H32IN5O2. The quantitative estimate of drug-likeness (QED) is 0.292. The maximum atomic E-state index is 11.7. The number of carbonyl (C=O) groups excluding carboxylic acids is 2. The average molecular weight is 453 g/mol. The van der Waals surface area contributed by atoms with Gasteiger partial charge in [-0.25, -0.2) is 0 Å². The zero-order valence-electron chi connectivity index (χ0n) is 15.1. The van der Waals surface area contributed by atoms with Crippen LogP contribution in [0.25, 0.3) is 0 Å². The summed E-state index contributed by atoms with van der Waals surface area (Å²) in [7, 11) is 0. The fraction of sp³-hybridized carbons (Fsp3) is 0.812. The molecular weight excluding hydrogens is 421 g/mol. The zero-order chi connectivity index (χ0) is 17.1. The number of halogens is 1. The van der Waals surface area contributed by atoms with Crippen molar-refractivity contribution in [3.8, 4) is 0 Å². The van der Waals surface area contributed by atoms with Gasteiger partial charge in [0.2, 0.25) is 11.8 Å². The Kier molecular flexibility index (Phi) is 12.7.